The number of unbranched alkanes of at least 4 members (excludes halogenated alkanes) is 14. The van der Waals surface area contributed by atoms with Gasteiger partial charge in [0.25, 0.3) is 0 Å². The fourth-order valence-electron chi connectivity index (χ4n) is 7.54. The summed E-state index contributed by atoms with van der Waals surface area (Å²) in [5.74, 6) is 0.272. The lowest BCUT2D eigenvalue weighted by Crippen LogP contribution is -2.11. The van der Waals surface area contributed by atoms with Crippen LogP contribution in [-0.2, 0) is 0 Å². The lowest BCUT2D eigenvalue weighted by atomic mass is 10.1. The summed E-state index contributed by atoms with van der Waals surface area (Å²) in [7, 11) is 0. The second-order valence-electron chi connectivity index (χ2n) is 17.0. The number of benzene rings is 6. The first-order valence-electron chi connectivity index (χ1n) is 24.4. The van der Waals surface area contributed by atoms with E-state index in [2.05, 4.69) is 13.8 Å². The van der Waals surface area contributed by atoms with Gasteiger partial charge in [0.05, 0.1) is 35.5 Å². The van der Waals surface area contributed by atoms with Crippen molar-refractivity contribution in [1.82, 2.24) is 0 Å². The van der Waals surface area contributed by atoms with Crippen LogP contribution in [0.15, 0.2) is 133 Å². The summed E-state index contributed by atoms with van der Waals surface area (Å²) in [5.41, 5.74) is 1.25. The predicted molar refractivity (Wildman–Crippen MR) is 266 cm³/mol. The maximum atomic E-state index is 13.1. The van der Waals surface area contributed by atoms with Crippen molar-refractivity contribution in [3.8, 4) is 34.5 Å². The van der Waals surface area contributed by atoms with Crippen LogP contribution >= 0.6 is 0 Å². The predicted octanol–water partition coefficient (Wildman–Crippen LogP) is 14.8. The number of hydrogen-bond donors (Lipinski definition) is 0. The maximum absolute atomic E-state index is 13.1. The van der Waals surface area contributed by atoms with Gasteiger partial charge in [-0.1, -0.05) is 116 Å². The Kier molecular flexibility index (Phi) is 20.5. The number of carbonyl (C=O) groups excluding carboxylic acids is 4. The summed E-state index contributed by atoms with van der Waals surface area (Å²) in [6, 6.07) is 36.2. The first kappa shape index (κ1) is 50.5. The topological polar surface area (TPSA) is 124 Å². The van der Waals surface area contributed by atoms with E-state index in [0.717, 1.165) is 31.1 Å². The average Bonchev–Trinajstić information content (AvgIpc) is 3.36. The number of ether oxygens (including phenoxy) is 6. The second-order valence-corrected chi connectivity index (χ2v) is 17.0. The summed E-state index contributed by atoms with van der Waals surface area (Å²) < 4.78 is 34.1. The highest BCUT2D eigenvalue weighted by Gasteiger charge is 2.15. The van der Waals surface area contributed by atoms with Gasteiger partial charge in [0, 0.05) is 0 Å². The highest BCUT2D eigenvalue weighted by molar-refractivity contribution is 5.95. The standard InChI is InChI=1S/C58H64O10/c1-3-5-7-9-11-13-15-17-39-63-49-29-21-44(22-30-49)55(59)65-51-33-25-46(26-34-51)56(60)66-52-35-27-47(28-36-52)58(62)68-54-38-20-43-19-37-53(41-48(43)42-54)67-57(61)45-23-31-50(32-24-45)64-40-18-16-14-12-10-8-6-4-2/h19-38,41-42H,3-18,39-40H2,1-2H3. The van der Waals surface area contributed by atoms with Gasteiger partial charge in [-0.05, 0) is 145 Å². The van der Waals surface area contributed by atoms with Gasteiger partial charge < -0.3 is 28.4 Å². The molecule has 0 unspecified atom stereocenters. The van der Waals surface area contributed by atoms with Crippen molar-refractivity contribution >= 4 is 34.6 Å². The molecule has 0 bridgehead atoms. The first-order valence-corrected chi connectivity index (χ1v) is 24.4. The highest BCUT2D eigenvalue weighted by atomic mass is 16.5. The SMILES string of the molecule is CCCCCCCCCCOc1ccc(C(=O)Oc2ccc(C(=O)Oc3ccc(C(=O)Oc4ccc5ccc(OC(=O)c6ccc(OCCCCCCCCCC)cc6)cc5c4)cc3)cc2)cc1. The first-order chi connectivity index (χ1) is 33.3. The molecule has 0 spiro atoms. The lowest BCUT2D eigenvalue weighted by molar-refractivity contribution is 0.0723. The largest absolute Gasteiger partial charge is 0.494 e. The zero-order valence-corrected chi connectivity index (χ0v) is 39.5. The molecular formula is C58H64O10. The van der Waals surface area contributed by atoms with Crippen molar-refractivity contribution in [2.75, 3.05) is 13.2 Å². The van der Waals surface area contributed by atoms with Crippen LogP contribution in [0, 0.1) is 0 Å². The molecule has 0 radical (unpaired) electrons. The molecule has 6 rings (SSSR count). The molecule has 10 heteroatoms. The van der Waals surface area contributed by atoms with Gasteiger partial charge in [0.2, 0.25) is 0 Å². The molecule has 0 aliphatic heterocycles. The van der Waals surface area contributed by atoms with Crippen molar-refractivity contribution in [2.45, 2.75) is 117 Å². The Balaban J connectivity index is 0.910. The van der Waals surface area contributed by atoms with Crippen LogP contribution in [0.1, 0.15) is 158 Å². The minimum absolute atomic E-state index is 0.221. The number of fused-ring (bicyclic) bond motifs is 1. The zero-order chi connectivity index (χ0) is 47.8. The van der Waals surface area contributed by atoms with E-state index in [4.69, 9.17) is 28.4 Å². The Bertz CT molecular complexity index is 2490. The smallest absolute Gasteiger partial charge is 0.343 e. The monoisotopic (exact) mass is 920 g/mol. The third-order valence-corrected chi connectivity index (χ3v) is 11.5. The fourth-order valence-corrected chi connectivity index (χ4v) is 7.54. The van der Waals surface area contributed by atoms with E-state index in [-0.39, 0.29) is 22.6 Å². The Morgan fingerprint density at radius 1 is 0.294 bits per heavy atom. The summed E-state index contributed by atoms with van der Waals surface area (Å²) in [5, 5.41) is 1.57. The Morgan fingerprint density at radius 2 is 0.559 bits per heavy atom. The normalized spacial score (nSPS) is 10.9. The van der Waals surface area contributed by atoms with Crippen LogP contribution in [0.5, 0.6) is 34.5 Å². The van der Waals surface area contributed by atoms with E-state index in [0.29, 0.717) is 52.7 Å². The number of hydrogen-bond acceptors (Lipinski definition) is 10. The molecule has 0 aromatic heterocycles. The number of carbonyl (C=O) groups is 4. The molecule has 0 aliphatic rings. The molecule has 6 aromatic carbocycles. The van der Waals surface area contributed by atoms with Crippen molar-refractivity contribution in [2.24, 2.45) is 0 Å². The molecule has 0 saturated carbocycles. The van der Waals surface area contributed by atoms with Gasteiger partial charge in [-0.2, -0.15) is 0 Å². The van der Waals surface area contributed by atoms with Gasteiger partial charge >= 0.3 is 23.9 Å². The van der Waals surface area contributed by atoms with Gasteiger partial charge in [0.15, 0.2) is 0 Å². The fraction of sp³-hybridized carbons (Fsp3) is 0.345. The summed E-state index contributed by atoms with van der Waals surface area (Å²) in [6.45, 7) is 5.74. The van der Waals surface area contributed by atoms with Crippen LogP contribution in [0.3, 0.4) is 0 Å². The van der Waals surface area contributed by atoms with Crippen LogP contribution in [0.4, 0.5) is 0 Å². The van der Waals surface area contributed by atoms with E-state index in [1.165, 1.54) is 126 Å². The molecule has 0 atom stereocenters. The molecule has 356 valence electrons. The Morgan fingerprint density at radius 3 is 0.882 bits per heavy atom. The molecular weight excluding hydrogens is 857 g/mol. The lowest BCUT2D eigenvalue weighted by Gasteiger charge is -2.10. The van der Waals surface area contributed by atoms with E-state index in [1.807, 2.05) is 12.1 Å². The molecule has 0 saturated heterocycles. The molecule has 0 aliphatic carbocycles. The molecule has 0 fully saturated rings. The minimum Gasteiger partial charge on any atom is -0.494 e. The number of esters is 4. The van der Waals surface area contributed by atoms with Crippen molar-refractivity contribution in [3.05, 3.63) is 156 Å². The number of rotatable bonds is 28. The quantitative estimate of drug-likeness (QED) is 0.0267. The van der Waals surface area contributed by atoms with E-state index in [1.54, 1.807) is 72.8 Å². The van der Waals surface area contributed by atoms with Gasteiger partial charge in [0.1, 0.15) is 34.5 Å². The maximum Gasteiger partial charge on any atom is 0.343 e. The average molecular weight is 921 g/mol. The van der Waals surface area contributed by atoms with Crippen molar-refractivity contribution < 1.29 is 47.6 Å². The van der Waals surface area contributed by atoms with E-state index < -0.39 is 23.9 Å². The third kappa shape index (κ3) is 16.7. The molecule has 68 heavy (non-hydrogen) atoms. The molecule has 0 heterocycles. The summed E-state index contributed by atoms with van der Waals surface area (Å²) in [4.78, 5) is 51.8. The van der Waals surface area contributed by atoms with E-state index in [9.17, 15) is 19.2 Å². The molecule has 0 amide bonds. The third-order valence-electron chi connectivity index (χ3n) is 11.5. The van der Waals surface area contributed by atoms with Crippen LogP contribution < -0.4 is 28.4 Å². The minimum atomic E-state index is -0.630. The Labute approximate surface area is 400 Å². The second kappa shape index (κ2) is 27.6. The van der Waals surface area contributed by atoms with E-state index >= 15 is 0 Å². The van der Waals surface area contributed by atoms with Crippen LogP contribution in [0.25, 0.3) is 10.8 Å². The van der Waals surface area contributed by atoms with Crippen LogP contribution in [-0.4, -0.2) is 37.1 Å². The zero-order valence-electron chi connectivity index (χ0n) is 39.5. The van der Waals surface area contributed by atoms with Crippen molar-refractivity contribution in [3.63, 3.8) is 0 Å². The molecule has 0 N–H and O–H groups in total. The highest BCUT2D eigenvalue weighted by Crippen LogP contribution is 2.27. The molecule has 6 aromatic rings. The van der Waals surface area contributed by atoms with Gasteiger partial charge in [-0.25, -0.2) is 19.2 Å². The van der Waals surface area contributed by atoms with Gasteiger partial charge in [-0.3, -0.25) is 0 Å². The van der Waals surface area contributed by atoms with Crippen molar-refractivity contribution in [1.29, 1.82) is 0 Å². The van der Waals surface area contributed by atoms with Gasteiger partial charge in [-0.15, -0.1) is 0 Å². The molecule has 10 nitrogen and oxygen atoms in total. The van der Waals surface area contributed by atoms with Crippen LogP contribution in [0.2, 0.25) is 0 Å². The Hall–Kier alpha value is -6.94. The summed E-state index contributed by atoms with van der Waals surface area (Å²) in [6.07, 6.45) is 19.7. The summed E-state index contributed by atoms with van der Waals surface area (Å²) >= 11 is 0.